The highest BCUT2D eigenvalue weighted by Gasteiger charge is 2.46. The summed E-state index contributed by atoms with van der Waals surface area (Å²) in [7, 11) is 1.77. The molecule has 0 spiro atoms. The van der Waals surface area contributed by atoms with Gasteiger partial charge in [-0.2, -0.15) is 0 Å². The minimum Gasteiger partial charge on any atom is -0.488 e. The summed E-state index contributed by atoms with van der Waals surface area (Å²) in [6, 6.07) is 11.8. The Kier molecular flexibility index (Phi) is 7.72. The molecule has 2 bridgehead atoms. The van der Waals surface area contributed by atoms with Gasteiger partial charge in [0.05, 0.1) is 18.2 Å². The number of benzene rings is 2. The van der Waals surface area contributed by atoms with Crippen LogP contribution in [0.15, 0.2) is 54.2 Å². The van der Waals surface area contributed by atoms with E-state index in [9.17, 15) is 14.7 Å². The molecule has 42 heavy (non-hydrogen) atoms. The summed E-state index contributed by atoms with van der Waals surface area (Å²) < 4.78 is 6.35. The van der Waals surface area contributed by atoms with Crippen molar-refractivity contribution in [1.29, 1.82) is 0 Å². The van der Waals surface area contributed by atoms with Crippen molar-refractivity contribution in [2.24, 2.45) is 17.8 Å². The fourth-order valence-corrected chi connectivity index (χ4v) is 7.18. The van der Waals surface area contributed by atoms with E-state index in [0.29, 0.717) is 18.7 Å². The number of carbonyl (C=O) groups excluding carboxylic acids is 1. The number of aryl methyl sites for hydroxylation is 2. The normalized spacial score (nSPS) is 19.6. The van der Waals surface area contributed by atoms with E-state index < -0.39 is 5.97 Å². The molecule has 2 aromatic heterocycles. The number of H-pyrrole nitrogens is 1. The number of fused-ring (bicyclic) bond motifs is 2. The first-order chi connectivity index (χ1) is 20.3. The summed E-state index contributed by atoms with van der Waals surface area (Å²) >= 11 is 1.60. The fourth-order valence-electron chi connectivity index (χ4n) is 6.33. The van der Waals surface area contributed by atoms with Gasteiger partial charge in [0.1, 0.15) is 18.2 Å². The number of piperidine rings is 1. The molecule has 2 N–H and O–H groups in total. The van der Waals surface area contributed by atoms with E-state index >= 15 is 0 Å². The number of ether oxygens (including phenoxy) is 1. The van der Waals surface area contributed by atoms with Crippen molar-refractivity contribution < 1.29 is 19.4 Å². The van der Waals surface area contributed by atoms with Crippen LogP contribution in [0.3, 0.4) is 0 Å². The summed E-state index contributed by atoms with van der Waals surface area (Å²) in [6.45, 7) is 6.30. The third-order valence-electron chi connectivity index (χ3n) is 8.55. The van der Waals surface area contributed by atoms with Gasteiger partial charge in [0, 0.05) is 49.0 Å². The van der Waals surface area contributed by atoms with Crippen molar-refractivity contribution in [1.82, 2.24) is 19.9 Å². The van der Waals surface area contributed by atoms with Gasteiger partial charge >= 0.3 is 5.97 Å². The molecule has 4 aromatic rings. The number of nitrogens with one attached hydrogen (secondary N) is 1. The van der Waals surface area contributed by atoms with Crippen LogP contribution in [0.2, 0.25) is 0 Å². The molecule has 3 heterocycles. The van der Waals surface area contributed by atoms with Crippen molar-refractivity contribution in [3.63, 3.8) is 0 Å². The second-order valence-corrected chi connectivity index (χ2v) is 12.3. The van der Waals surface area contributed by atoms with Crippen LogP contribution < -0.4 is 9.64 Å². The van der Waals surface area contributed by atoms with Crippen molar-refractivity contribution in [2.75, 3.05) is 25.0 Å². The Labute approximate surface area is 249 Å². The van der Waals surface area contributed by atoms with E-state index in [4.69, 9.17) is 9.72 Å². The Morgan fingerprint density at radius 3 is 2.62 bits per heavy atom. The summed E-state index contributed by atoms with van der Waals surface area (Å²) in [6.07, 6.45) is 5.37. The summed E-state index contributed by atoms with van der Waals surface area (Å²) in [5, 5.41) is 12.7. The van der Waals surface area contributed by atoms with Gasteiger partial charge in [-0.15, -0.1) is 11.3 Å². The lowest BCUT2D eigenvalue weighted by molar-refractivity contribution is -0.144. The zero-order valence-electron chi connectivity index (χ0n) is 24.0. The topological polar surface area (TPSA) is 112 Å². The lowest BCUT2D eigenvalue weighted by Crippen LogP contribution is -2.44. The Morgan fingerprint density at radius 2 is 1.93 bits per heavy atom. The minimum atomic E-state index is -0.655. The summed E-state index contributed by atoms with van der Waals surface area (Å²) in [5.74, 6) is 0.916. The Morgan fingerprint density at radius 1 is 1.14 bits per heavy atom. The number of aliphatic carboxylic acids is 1. The molecule has 1 aliphatic carbocycles. The number of aromatic nitrogens is 3. The predicted octanol–water partition coefficient (Wildman–Crippen LogP) is 5.55. The molecule has 218 valence electrons. The first-order valence-electron chi connectivity index (χ1n) is 14.3. The number of hydrogen-bond acceptors (Lipinski definition) is 7. The van der Waals surface area contributed by atoms with E-state index in [0.717, 1.165) is 70.6 Å². The number of carboxylic acid groups (broad SMARTS) is 1. The van der Waals surface area contributed by atoms with Crippen LogP contribution in [0.4, 0.5) is 5.13 Å². The van der Waals surface area contributed by atoms with Crippen LogP contribution >= 0.6 is 11.3 Å². The third-order valence-corrected chi connectivity index (χ3v) is 9.46. The molecule has 1 aliphatic heterocycles. The number of anilines is 1. The maximum atomic E-state index is 13.0. The van der Waals surface area contributed by atoms with Crippen LogP contribution in [-0.2, 0) is 17.9 Å². The van der Waals surface area contributed by atoms with Gasteiger partial charge in [-0.05, 0) is 73.9 Å². The second-order valence-electron chi connectivity index (χ2n) is 11.5. The molecule has 0 radical (unpaired) electrons. The van der Waals surface area contributed by atoms with E-state index in [1.165, 1.54) is 0 Å². The van der Waals surface area contributed by atoms with Crippen molar-refractivity contribution in [3.05, 3.63) is 82.3 Å². The molecule has 1 unspecified atom stereocenters. The first kappa shape index (κ1) is 28.0. The molecule has 2 aliphatic rings. The lowest BCUT2D eigenvalue weighted by atomic mass is 9.85. The van der Waals surface area contributed by atoms with E-state index in [2.05, 4.69) is 33.2 Å². The van der Waals surface area contributed by atoms with Crippen LogP contribution in [0, 0.1) is 31.6 Å². The van der Waals surface area contributed by atoms with Crippen molar-refractivity contribution in [2.45, 2.75) is 39.8 Å². The van der Waals surface area contributed by atoms with Crippen LogP contribution in [0.1, 0.15) is 45.7 Å². The molecule has 1 saturated carbocycles. The highest BCUT2D eigenvalue weighted by molar-refractivity contribution is 7.14. The van der Waals surface area contributed by atoms with E-state index in [-0.39, 0.29) is 23.7 Å². The monoisotopic (exact) mass is 585 g/mol. The molecule has 2 fully saturated rings. The zero-order chi connectivity index (χ0) is 29.4. The number of hydrogen-bond donors (Lipinski definition) is 2. The van der Waals surface area contributed by atoms with Gasteiger partial charge in [0.25, 0.3) is 5.91 Å². The highest BCUT2D eigenvalue weighted by atomic mass is 32.1. The largest absolute Gasteiger partial charge is 0.488 e. The van der Waals surface area contributed by atoms with Gasteiger partial charge in [-0.1, -0.05) is 17.7 Å². The molecule has 10 heteroatoms. The van der Waals surface area contributed by atoms with Crippen molar-refractivity contribution in [3.8, 4) is 17.0 Å². The third kappa shape index (κ3) is 5.63. The van der Waals surface area contributed by atoms with E-state index in [1.807, 2.05) is 37.3 Å². The molecular formula is C32H35N5O4S. The van der Waals surface area contributed by atoms with Crippen LogP contribution in [0.25, 0.3) is 11.3 Å². The number of rotatable bonds is 9. The quantitative estimate of drug-likeness (QED) is 0.265. The minimum absolute atomic E-state index is 0.0673. The number of imidazole rings is 1. The number of carbonyl (C=O) groups is 2. The molecule has 6 rings (SSSR count). The molecule has 2 aromatic carbocycles. The summed E-state index contributed by atoms with van der Waals surface area (Å²) in [4.78, 5) is 40.9. The Hall–Kier alpha value is -4.18. The molecule has 3 atom stereocenters. The first-order valence-corrected chi connectivity index (χ1v) is 15.1. The van der Waals surface area contributed by atoms with Gasteiger partial charge in [-0.25, -0.2) is 9.97 Å². The number of nitrogens with zero attached hydrogens (tertiary/aromatic N) is 4. The standard InChI is InChI=1S/C32H35N5O4S/c1-19-4-9-27(41-17-24-8-5-21(13-20(24)2)30(38)36(3)16-28-33-10-11-34-28)25(12-19)26-18-42-32(35-26)37-14-22-6-7-23(15-37)29(22)31(39)40/h4-5,8-13,18,22-23,29H,6-7,14-17H2,1-3H3,(H,33,34)(H,39,40)/t22-,23+,29?. The zero-order valence-corrected chi connectivity index (χ0v) is 24.9. The van der Waals surface area contributed by atoms with Gasteiger partial charge in [-0.3, -0.25) is 9.59 Å². The average Bonchev–Trinajstić information content (AvgIpc) is 3.72. The molecule has 9 nitrogen and oxygen atoms in total. The van der Waals surface area contributed by atoms with Gasteiger partial charge in [0.15, 0.2) is 5.13 Å². The van der Waals surface area contributed by atoms with Gasteiger partial charge < -0.3 is 24.6 Å². The number of aromatic amines is 1. The molecule has 1 saturated heterocycles. The number of amides is 1. The maximum Gasteiger partial charge on any atom is 0.307 e. The Bertz CT molecular complexity index is 1590. The molecule has 1 amide bonds. The SMILES string of the molecule is Cc1ccc(OCc2ccc(C(=O)N(C)Cc3ncc[nH]3)cc2C)c(-c2csc(N3C[C@H]4CC[C@@H](C3)C4C(=O)O)n2)c1. The summed E-state index contributed by atoms with van der Waals surface area (Å²) in [5.41, 5.74) is 5.52. The fraction of sp³-hybridized carbons (Fsp3) is 0.375. The lowest BCUT2D eigenvalue weighted by Gasteiger charge is -2.35. The smallest absolute Gasteiger partial charge is 0.307 e. The second kappa shape index (κ2) is 11.6. The molecular weight excluding hydrogens is 550 g/mol. The predicted molar refractivity (Wildman–Crippen MR) is 162 cm³/mol. The Balaban J connectivity index is 1.15. The van der Waals surface area contributed by atoms with Crippen LogP contribution in [-0.4, -0.2) is 57.0 Å². The van der Waals surface area contributed by atoms with Gasteiger partial charge in [0.2, 0.25) is 0 Å². The number of thiazole rings is 1. The highest BCUT2D eigenvalue weighted by Crippen LogP contribution is 2.44. The maximum absolute atomic E-state index is 13.0. The number of carboxylic acids is 1. The van der Waals surface area contributed by atoms with Crippen molar-refractivity contribution >= 4 is 28.3 Å². The average molecular weight is 586 g/mol. The van der Waals surface area contributed by atoms with Crippen LogP contribution in [0.5, 0.6) is 5.75 Å². The van der Waals surface area contributed by atoms with E-state index in [1.54, 1.807) is 35.7 Å².